The molecule has 0 saturated heterocycles. The van der Waals surface area contributed by atoms with E-state index in [1.807, 2.05) is 24.3 Å². The maximum Gasteiger partial charge on any atom is 0.229 e. The van der Waals surface area contributed by atoms with Crippen LogP contribution in [0.15, 0.2) is 74.2 Å². The minimum absolute atomic E-state index is 0.147. The summed E-state index contributed by atoms with van der Waals surface area (Å²) in [4.78, 5) is 0. The highest BCUT2D eigenvalue weighted by atomic mass is 16.7. The number of rotatable bonds is 10. The highest BCUT2D eigenvalue weighted by Gasteiger charge is 2.23. The lowest BCUT2D eigenvalue weighted by atomic mass is 9.78. The van der Waals surface area contributed by atoms with Crippen molar-refractivity contribution in [2.24, 2.45) is 0 Å². The summed E-state index contributed by atoms with van der Waals surface area (Å²) in [5.41, 5.74) is 2.23. The first kappa shape index (κ1) is 18.5. The lowest BCUT2D eigenvalue weighted by Gasteiger charge is -2.26. The number of benzene rings is 2. The van der Waals surface area contributed by atoms with Gasteiger partial charge < -0.3 is 18.9 Å². The Morgan fingerprint density at radius 1 is 0.720 bits per heavy atom. The number of ether oxygens (including phenoxy) is 4. The molecule has 132 valence electrons. The molecular formula is C21H24O4. The van der Waals surface area contributed by atoms with Crippen LogP contribution in [-0.4, -0.2) is 13.6 Å². The molecule has 0 amide bonds. The van der Waals surface area contributed by atoms with Gasteiger partial charge in [0.15, 0.2) is 0 Å². The quantitative estimate of drug-likeness (QED) is 0.346. The Balaban J connectivity index is 2.06. The van der Waals surface area contributed by atoms with Gasteiger partial charge in [-0.25, -0.2) is 0 Å². The van der Waals surface area contributed by atoms with Crippen LogP contribution in [0.25, 0.3) is 0 Å². The molecule has 25 heavy (non-hydrogen) atoms. The third kappa shape index (κ3) is 5.05. The van der Waals surface area contributed by atoms with Crippen molar-refractivity contribution in [3.8, 4) is 11.5 Å². The van der Waals surface area contributed by atoms with E-state index in [-0.39, 0.29) is 19.0 Å². The average molecular weight is 340 g/mol. The third-order valence-electron chi connectivity index (χ3n) is 3.97. The van der Waals surface area contributed by atoms with Crippen molar-refractivity contribution in [2.45, 2.75) is 19.3 Å². The molecule has 0 bridgehead atoms. The molecule has 0 saturated carbocycles. The fourth-order valence-corrected chi connectivity index (χ4v) is 2.40. The smallest absolute Gasteiger partial charge is 0.229 e. The van der Waals surface area contributed by atoms with Crippen LogP contribution in [0.5, 0.6) is 11.5 Å². The molecule has 0 unspecified atom stereocenters. The summed E-state index contributed by atoms with van der Waals surface area (Å²) < 4.78 is 20.8. The maximum atomic E-state index is 5.45. The number of hydrogen-bond donors (Lipinski definition) is 0. The highest BCUT2D eigenvalue weighted by molar-refractivity contribution is 5.41. The van der Waals surface area contributed by atoms with Gasteiger partial charge in [0.05, 0.1) is 12.5 Å². The second kappa shape index (κ2) is 8.83. The van der Waals surface area contributed by atoms with Gasteiger partial charge in [0.2, 0.25) is 13.6 Å². The minimum Gasteiger partial charge on any atom is -0.466 e. The molecule has 2 aromatic carbocycles. The van der Waals surface area contributed by atoms with Crippen LogP contribution in [0.3, 0.4) is 0 Å². The van der Waals surface area contributed by atoms with Crippen LogP contribution in [-0.2, 0) is 14.9 Å². The molecule has 0 aliphatic rings. The number of hydrogen-bond acceptors (Lipinski definition) is 4. The monoisotopic (exact) mass is 340 g/mol. The van der Waals surface area contributed by atoms with E-state index in [4.69, 9.17) is 18.9 Å². The molecule has 2 rings (SSSR count). The van der Waals surface area contributed by atoms with Crippen molar-refractivity contribution in [1.29, 1.82) is 0 Å². The molecule has 0 spiro atoms. The summed E-state index contributed by atoms with van der Waals surface area (Å²) in [7, 11) is 0. The topological polar surface area (TPSA) is 36.9 Å². The molecule has 0 fully saturated rings. The maximum absolute atomic E-state index is 5.45. The van der Waals surface area contributed by atoms with Gasteiger partial charge in [-0.2, -0.15) is 0 Å². The van der Waals surface area contributed by atoms with E-state index in [0.29, 0.717) is 0 Å². The van der Waals surface area contributed by atoms with Crippen molar-refractivity contribution in [3.63, 3.8) is 0 Å². The average Bonchev–Trinajstić information content (AvgIpc) is 2.63. The summed E-state index contributed by atoms with van der Waals surface area (Å²) in [6.07, 6.45) is 2.71. The Kier molecular flexibility index (Phi) is 6.52. The molecule has 4 nitrogen and oxygen atoms in total. The molecule has 0 N–H and O–H groups in total. The SMILES string of the molecule is C=COCOc1ccc(C(C)(C)c2ccc(OCOC=C)cc2)cc1. The zero-order valence-corrected chi connectivity index (χ0v) is 14.7. The van der Waals surface area contributed by atoms with Gasteiger partial charge in [-0.05, 0) is 35.4 Å². The van der Waals surface area contributed by atoms with Crippen molar-refractivity contribution < 1.29 is 18.9 Å². The van der Waals surface area contributed by atoms with E-state index in [0.717, 1.165) is 11.5 Å². The molecule has 2 aromatic rings. The first-order valence-electron chi connectivity index (χ1n) is 7.99. The van der Waals surface area contributed by atoms with Gasteiger partial charge in [0, 0.05) is 5.41 Å². The van der Waals surface area contributed by atoms with Gasteiger partial charge in [0.1, 0.15) is 11.5 Å². The van der Waals surface area contributed by atoms with Crippen molar-refractivity contribution in [1.82, 2.24) is 0 Å². The van der Waals surface area contributed by atoms with E-state index in [1.165, 1.54) is 23.7 Å². The molecule has 0 aromatic heterocycles. The van der Waals surface area contributed by atoms with Gasteiger partial charge in [-0.1, -0.05) is 51.3 Å². The summed E-state index contributed by atoms with van der Waals surface area (Å²) in [5.74, 6) is 1.51. The Labute approximate surface area is 149 Å². The lowest BCUT2D eigenvalue weighted by Crippen LogP contribution is -2.18. The molecule has 4 heteroatoms. The molecule has 0 aliphatic heterocycles. The Hall–Kier alpha value is -2.88. The largest absolute Gasteiger partial charge is 0.466 e. The highest BCUT2D eigenvalue weighted by Crippen LogP contribution is 2.33. The van der Waals surface area contributed by atoms with Crippen LogP contribution in [0.4, 0.5) is 0 Å². The molecule has 0 heterocycles. The fraction of sp³-hybridized carbons (Fsp3) is 0.238. The summed E-state index contributed by atoms with van der Waals surface area (Å²) >= 11 is 0. The standard InChI is InChI=1S/C21H24O4/c1-5-22-15-24-19-11-7-17(8-12-19)21(3,4)18-9-13-20(14-10-18)25-16-23-6-2/h5-14H,1-2,15-16H2,3-4H3. The molecule has 0 radical (unpaired) electrons. The molecular weight excluding hydrogens is 316 g/mol. The van der Waals surface area contributed by atoms with Crippen LogP contribution < -0.4 is 9.47 Å². The first-order chi connectivity index (χ1) is 12.1. The predicted molar refractivity (Wildman–Crippen MR) is 98.6 cm³/mol. The van der Waals surface area contributed by atoms with Gasteiger partial charge >= 0.3 is 0 Å². The van der Waals surface area contributed by atoms with E-state index >= 15 is 0 Å². The fourth-order valence-electron chi connectivity index (χ4n) is 2.40. The van der Waals surface area contributed by atoms with Crippen LogP contribution >= 0.6 is 0 Å². The van der Waals surface area contributed by atoms with Crippen molar-refractivity contribution in [3.05, 3.63) is 85.3 Å². The minimum atomic E-state index is -0.147. The predicted octanol–water partition coefficient (Wildman–Crippen LogP) is 5.01. The van der Waals surface area contributed by atoms with E-state index in [1.54, 1.807) is 0 Å². The first-order valence-corrected chi connectivity index (χ1v) is 7.99. The van der Waals surface area contributed by atoms with Crippen molar-refractivity contribution >= 4 is 0 Å². The second-order valence-corrected chi connectivity index (χ2v) is 5.86. The summed E-state index contributed by atoms with van der Waals surface area (Å²) in [6.45, 7) is 11.6. The Morgan fingerprint density at radius 3 is 1.40 bits per heavy atom. The van der Waals surface area contributed by atoms with Crippen molar-refractivity contribution in [2.75, 3.05) is 13.6 Å². The van der Waals surface area contributed by atoms with Crippen LogP contribution in [0, 0.1) is 0 Å². The zero-order valence-electron chi connectivity index (χ0n) is 14.7. The normalized spacial score (nSPS) is 10.6. The van der Waals surface area contributed by atoms with E-state index in [9.17, 15) is 0 Å². The summed E-state index contributed by atoms with van der Waals surface area (Å²) in [5, 5.41) is 0. The van der Waals surface area contributed by atoms with E-state index in [2.05, 4.69) is 51.3 Å². The molecule has 0 aliphatic carbocycles. The Morgan fingerprint density at radius 2 is 1.08 bits per heavy atom. The summed E-state index contributed by atoms with van der Waals surface area (Å²) in [6, 6.07) is 16.0. The van der Waals surface area contributed by atoms with E-state index < -0.39 is 0 Å². The zero-order chi connectivity index (χ0) is 18.1. The third-order valence-corrected chi connectivity index (χ3v) is 3.97. The van der Waals surface area contributed by atoms with Gasteiger partial charge in [-0.3, -0.25) is 0 Å². The van der Waals surface area contributed by atoms with Gasteiger partial charge in [-0.15, -0.1) is 0 Å². The van der Waals surface area contributed by atoms with Crippen LogP contribution in [0.1, 0.15) is 25.0 Å². The Bertz CT molecular complexity index is 613. The second-order valence-electron chi connectivity index (χ2n) is 5.86. The van der Waals surface area contributed by atoms with Gasteiger partial charge in [0.25, 0.3) is 0 Å². The van der Waals surface area contributed by atoms with Crippen LogP contribution in [0.2, 0.25) is 0 Å². The lowest BCUT2D eigenvalue weighted by molar-refractivity contribution is 0.0804. The molecule has 0 atom stereocenters.